The van der Waals surface area contributed by atoms with Crippen LogP contribution in [-0.2, 0) is 16.1 Å². The van der Waals surface area contributed by atoms with Crippen molar-refractivity contribution in [2.45, 2.75) is 44.6 Å². The summed E-state index contributed by atoms with van der Waals surface area (Å²) in [5, 5.41) is 21.1. The third-order valence-corrected chi connectivity index (χ3v) is 5.96. The number of nitrogens with one attached hydrogen (secondary N) is 4. The van der Waals surface area contributed by atoms with Gasteiger partial charge in [0.1, 0.15) is 23.2 Å². The maximum atomic E-state index is 12.7. The predicted molar refractivity (Wildman–Crippen MR) is 132 cm³/mol. The van der Waals surface area contributed by atoms with Crippen LogP contribution in [0.2, 0.25) is 0 Å². The van der Waals surface area contributed by atoms with Gasteiger partial charge >= 0.3 is 6.36 Å². The summed E-state index contributed by atoms with van der Waals surface area (Å²) in [6.45, 7) is 0.466. The second-order valence-corrected chi connectivity index (χ2v) is 8.80. The first kappa shape index (κ1) is 28.5. The first-order valence-corrected chi connectivity index (χ1v) is 12.0. The summed E-state index contributed by atoms with van der Waals surface area (Å²) < 4.78 is 42.1. The van der Waals surface area contributed by atoms with E-state index in [2.05, 4.69) is 36.0 Å². The second kappa shape index (κ2) is 13.4. The van der Waals surface area contributed by atoms with Crippen molar-refractivity contribution in [3.63, 3.8) is 0 Å². The fourth-order valence-electron chi connectivity index (χ4n) is 4.03. The number of amides is 2. The molecule has 0 aliphatic heterocycles. The Kier molecular flexibility index (Phi) is 10.1. The normalized spacial score (nSPS) is 17.2. The van der Waals surface area contributed by atoms with Crippen LogP contribution in [0.25, 0.3) is 0 Å². The SMILES string of the molecule is N#Cc1cnc(NCc2ccccc2OC(F)(F)F)nc1NC[C@H]1CC[C@H](NCC(=O)NCC(N)=O)CC1. The van der Waals surface area contributed by atoms with Gasteiger partial charge in [-0.05, 0) is 37.7 Å². The summed E-state index contributed by atoms with van der Waals surface area (Å²) in [6.07, 6.45) is 0.0321. The fraction of sp³-hybridized carbons (Fsp3) is 0.458. The minimum Gasteiger partial charge on any atom is -0.405 e. The lowest BCUT2D eigenvalue weighted by molar-refractivity contribution is -0.274. The molecule has 0 unspecified atom stereocenters. The molecule has 0 spiro atoms. The van der Waals surface area contributed by atoms with Crippen LogP contribution in [-0.4, -0.2) is 53.8 Å². The van der Waals surface area contributed by atoms with E-state index in [9.17, 15) is 28.0 Å². The number of rotatable bonds is 12. The molecule has 1 saturated carbocycles. The summed E-state index contributed by atoms with van der Waals surface area (Å²) in [5.74, 6) is -0.413. The number of carbonyl (C=O) groups excluding carboxylic acids is 2. The standard InChI is InChI=1S/C24H29F3N8O3/c25-24(26,27)38-19-4-2-1-3-16(19)11-33-23-34-12-17(9-28)22(35-23)32-10-15-5-7-18(8-6-15)30-14-21(37)31-13-20(29)36/h1-4,12,15,18,30H,5-8,10-11,13-14H2,(H2,29,36)(H,31,37)(H2,32,33,34,35)/t15-,18-. The maximum absolute atomic E-state index is 12.7. The zero-order valence-electron chi connectivity index (χ0n) is 20.5. The average molecular weight is 535 g/mol. The number of nitriles is 1. The Hall–Kier alpha value is -4.12. The minimum absolute atomic E-state index is 0.0187. The van der Waals surface area contributed by atoms with Crippen LogP contribution in [0.3, 0.4) is 0 Å². The van der Waals surface area contributed by atoms with Crippen LogP contribution < -0.4 is 31.7 Å². The number of alkyl halides is 3. The van der Waals surface area contributed by atoms with Gasteiger partial charge in [-0.15, -0.1) is 13.2 Å². The quantitative estimate of drug-likeness (QED) is 0.274. The molecule has 0 bridgehead atoms. The van der Waals surface area contributed by atoms with Crippen LogP contribution >= 0.6 is 0 Å². The second-order valence-electron chi connectivity index (χ2n) is 8.80. The highest BCUT2D eigenvalue weighted by Gasteiger charge is 2.32. The predicted octanol–water partition coefficient (Wildman–Crippen LogP) is 2.02. The van der Waals surface area contributed by atoms with E-state index in [0.717, 1.165) is 25.7 Å². The third-order valence-electron chi connectivity index (χ3n) is 5.96. The third kappa shape index (κ3) is 9.40. The lowest BCUT2D eigenvalue weighted by Gasteiger charge is -2.29. The van der Waals surface area contributed by atoms with Crippen LogP contribution in [0.5, 0.6) is 5.75 Å². The van der Waals surface area contributed by atoms with E-state index < -0.39 is 12.3 Å². The molecule has 0 saturated heterocycles. The van der Waals surface area contributed by atoms with Gasteiger partial charge in [-0.25, -0.2) is 4.98 Å². The lowest BCUT2D eigenvalue weighted by Crippen LogP contribution is -2.43. The zero-order valence-corrected chi connectivity index (χ0v) is 20.5. The zero-order chi connectivity index (χ0) is 27.5. The Labute approximate surface area is 217 Å². The van der Waals surface area contributed by atoms with Crippen molar-refractivity contribution in [3.8, 4) is 11.8 Å². The van der Waals surface area contributed by atoms with Crippen LogP contribution in [0.4, 0.5) is 24.9 Å². The summed E-state index contributed by atoms with van der Waals surface area (Å²) in [7, 11) is 0. The Bertz CT molecular complexity index is 1150. The molecule has 11 nitrogen and oxygen atoms in total. The molecule has 204 valence electrons. The molecule has 1 heterocycles. The van der Waals surface area contributed by atoms with Gasteiger partial charge in [-0.3, -0.25) is 9.59 Å². The number of aromatic nitrogens is 2. The summed E-state index contributed by atoms with van der Waals surface area (Å²) in [4.78, 5) is 30.9. The van der Waals surface area contributed by atoms with Gasteiger partial charge < -0.3 is 31.7 Å². The van der Waals surface area contributed by atoms with Gasteiger partial charge in [0.05, 0.1) is 19.3 Å². The Morgan fingerprint density at radius 3 is 2.55 bits per heavy atom. The number of hydrogen-bond donors (Lipinski definition) is 5. The van der Waals surface area contributed by atoms with E-state index in [0.29, 0.717) is 18.3 Å². The molecule has 14 heteroatoms. The molecule has 1 aliphatic carbocycles. The van der Waals surface area contributed by atoms with Crippen molar-refractivity contribution in [3.05, 3.63) is 41.6 Å². The molecule has 38 heavy (non-hydrogen) atoms. The van der Waals surface area contributed by atoms with Crippen molar-refractivity contribution in [2.75, 3.05) is 30.3 Å². The molecule has 1 fully saturated rings. The number of nitrogens with two attached hydrogens (primary N) is 1. The molecule has 2 aromatic rings. The van der Waals surface area contributed by atoms with Gasteiger partial charge in [-0.1, -0.05) is 18.2 Å². The van der Waals surface area contributed by atoms with Crippen LogP contribution in [0, 0.1) is 17.2 Å². The number of anilines is 2. The van der Waals surface area contributed by atoms with Crippen molar-refractivity contribution < 1.29 is 27.5 Å². The Morgan fingerprint density at radius 1 is 1.13 bits per heavy atom. The first-order valence-electron chi connectivity index (χ1n) is 12.0. The summed E-state index contributed by atoms with van der Waals surface area (Å²) in [5.41, 5.74) is 5.52. The first-order chi connectivity index (χ1) is 18.1. The van der Waals surface area contributed by atoms with E-state index in [1.165, 1.54) is 24.4 Å². The number of primary amides is 1. The van der Waals surface area contributed by atoms with Crippen molar-refractivity contribution in [1.82, 2.24) is 20.6 Å². The topological polar surface area (TPSA) is 167 Å². The number of para-hydroxylation sites is 1. The van der Waals surface area contributed by atoms with Crippen molar-refractivity contribution >= 4 is 23.6 Å². The van der Waals surface area contributed by atoms with Gasteiger partial charge in [0.2, 0.25) is 17.8 Å². The fourth-order valence-corrected chi connectivity index (χ4v) is 4.03. The molecule has 3 rings (SSSR count). The molecule has 1 aromatic carbocycles. The van der Waals surface area contributed by atoms with Crippen LogP contribution in [0.1, 0.15) is 36.8 Å². The smallest absolute Gasteiger partial charge is 0.405 e. The summed E-state index contributed by atoms with van der Waals surface area (Å²) >= 11 is 0. The van der Waals surface area contributed by atoms with Gasteiger partial charge in [-0.2, -0.15) is 10.2 Å². The molecule has 1 aliphatic rings. The van der Waals surface area contributed by atoms with Crippen LogP contribution in [0.15, 0.2) is 30.5 Å². The number of carbonyl (C=O) groups is 2. The molecule has 6 N–H and O–H groups in total. The highest BCUT2D eigenvalue weighted by molar-refractivity contribution is 5.84. The molecular formula is C24H29F3N8O3. The van der Waals surface area contributed by atoms with Gasteiger partial charge in [0.15, 0.2) is 0 Å². The Morgan fingerprint density at radius 2 is 1.87 bits per heavy atom. The molecule has 1 aromatic heterocycles. The molecule has 0 radical (unpaired) electrons. The number of halogens is 3. The number of hydrogen-bond acceptors (Lipinski definition) is 9. The van der Waals surface area contributed by atoms with Crippen molar-refractivity contribution in [1.29, 1.82) is 5.26 Å². The van der Waals surface area contributed by atoms with E-state index in [1.807, 2.05) is 6.07 Å². The molecule has 2 amide bonds. The van der Waals surface area contributed by atoms with Crippen molar-refractivity contribution in [2.24, 2.45) is 11.7 Å². The minimum atomic E-state index is -4.81. The van der Waals surface area contributed by atoms with E-state index >= 15 is 0 Å². The van der Waals surface area contributed by atoms with Gasteiger partial charge in [0, 0.05) is 24.7 Å². The molecule has 0 atom stereocenters. The lowest BCUT2D eigenvalue weighted by atomic mass is 9.86. The highest BCUT2D eigenvalue weighted by Crippen LogP contribution is 2.27. The maximum Gasteiger partial charge on any atom is 0.573 e. The average Bonchev–Trinajstić information content (AvgIpc) is 2.88. The molecular weight excluding hydrogens is 505 g/mol. The number of ether oxygens (including phenoxy) is 1. The summed E-state index contributed by atoms with van der Waals surface area (Å²) in [6, 6.07) is 7.97. The largest absolute Gasteiger partial charge is 0.573 e. The van der Waals surface area contributed by atoms with E-state index in [1.54, 1.807) is 6.07 Å². The van der Waals surface area contributed by atoms with Gasteiger partial charge in [0.25, 0.3) is 0 Å². The van der Waals surface area contributed by atoms with E-state index in [4.69, 9.17) is 5.73 Å². The number of benzene rings is 1. The highest BCUT2D eigenvalue weighted by atomic mass is 19.4. The Balaban J connectivity index is 1.49. The monoisotopic (exact) mass is 534 g/mol. The number of nitrogens with zero attached hydrogens (tertiary/aromatic N) is 3. The van der Waals surface area contributed by atoms with E-state index in [-0.39, 0.29) is 54.4 Å².